The third kappa shape index (κ3) is 3.76. The summed E-state index contributed by atoms with van der Waals surface area (Å²) in [4.78, 5) is 24.0. The zero-order valence-corrected chi connectivity index (χ0v) is 10.6. The molecule has 1 aromatic rings. The van der Waals surface area contributed by atoms with Gasteiger partial charge in [-0.2, -0.15) is 0 Å². The summed E-state index contributed by atoms with van der Waals surface area (Å²) in [5, 5.41) is 11.7. The highest BCUT2D eigenvalue weighted by atomic mass is 16.4. The number of benzene rings is 1. The first-order chi connectivity index (χ1) is 8.56. The van der Waals surface area contributed by atoms with Gasteiger partial charge in [0.05, 0.1) is 5.56 Å². The van der Waals surface area contributed by atoms with Crippen LogP contribution in [0.3, 0.4) is 0 Å². The van der Waals surface area contributed by atoms with E-state index in [2.05, 4.69) is 5.32 Å². The molecule has 98 valence electrons. The molecule has 5 heteroatoms. The number of carbonyl (C=O) groups is 2. The number of urea groups is 1. The summed E-state index contributed by atoms with van der Waals surface area (Å²) in [5.41, 5.74) is 1.01. The van der Waals surface area contributed by atoms with Crippen molar-refractivity contribution in [3.63, 3.8) is 0 Å². The summed E-state index contributed by atoms with van der Waals surface area (Å²) < 4.78 is 0. The molecule has 0 atom stereocenters. The van der Waals surface area contributed by atoms with Gasteiger partial charge in [-0.25, -0.2) is 9.59 Å². The van der Waals surface area contributed by atoms with Crippen LogP contribution in [-0.4, -0.2) is 42.1 Å². The molecular weight excluding hydrogens is 232 g/mol. The van der Waals surface area contributed by atoms with Gasteiger partial charge < -0.3 is 15.3 Å². The van der Waals surface area contributed by atoms with Crippen molar-refractivity contribution in [2.75, 3.05) is 20.1 Å². The first kappa shape index (κ1) is 14.0. The van der Waals surface area contributed by atoms with Gasteiger partial charge in [-0.15, -0.1) is 0 Å². The van der Waals surface area contributed by atoms with Gasteiger partial charge >= 0.3 is 12.0 Å². The van der Waals surface area contributed by atoms with Crippen molar-refractivity contribution >= 4 is 12.0 Å². The van der Waals surface area contributed by atoms with Crippen molar-refractivity contribution in [3.05, 3.63) is 35.4 Å². The fourth-order valence-electron chi connectivity index (χ4n) is 1.53. The predicted molar refractivity (Wildman–Crippen MR) is 68.8 cm³/mol. The van der Waals surface area contributed by atoms with Gasteiger partial charge in [0.15, 0.2) is 0 Å². The minimum absolute atomic E-state index is 0.148. The lowest BCUT2D eigenvalue weighted by molar-refractivity contribution is 0.0695. The van der Waals surface area contributed by atoms with E-state index in [1.165, 1.54) is 0 Å². The first-order valence-electron chi connectivity index (χ1n) is 5.86. The standard InChI is InChI=1S/C13H18N2O3/c1-3-15(2)13(18)14-9-8-10-6-4-5-7-11(10)12(16)17/h4-7H,3,8-9H2,1-2H3,(H,14,18)(H,16,17). The molecule has 0 spiro atoms. The van der Waals surface area contributed by atoms with Gasteiger partial charge in [0, 0.05) is 20.1 Å². The van der Waals surface area contributed by atoms with Crippen LogP contribution >= 0.6 is 0 Å². The highest BCUT2D eigenvalue weighted by molar-refractivity contribution is 5.89. The molecule has 0 bridgehead atoms. The second-order valence-electron chi connectivity index (χ2n) is 3.96. The summed E-state index contributed by atoms with van der Waals surface area (Å²) in [7, 11) is 1.71. The molecule has 0 aliphatic carbocycles. The fourth-order valence-corrected chi connectivity index (χ4v) is 1.53. The lowest BCUT2D eigenvalue weighted by Gasteiger charge is -2.15. The average Bonchev–Trinajstić information content (AvgIpc) is 2.38. The van der Waals surface area contributed by atoms with Crippen LogP contribution in [0.25, 0.3) is 0 Å². The molecule has 0 aliphatic rings. The normalized spacial score (nSPS) is 9.89. The van der Waals surface area contributed by atoms with Gasteiger partial charge in [0.1, 0.15) is 0 Å². The zero-order chi connectivity index (χ0) is 13.5. The van der Waals surface area contributed by atoms with E-state index in [1.807, 2.05) is 6.92 Å². The van der Waals surface area contributed by atoms with Gasteiger partial charge in [0.25, 0.3) is 0 Å². The van der Waals surface area contributed by atoms with E-state index < -0.39 is 5.97 Å². The van der Waals surface area contributed by atoms with Crippen LogP contribution in [-0.2, 0) is 6.42 Å². The summed E-state index contributed by atoms with van der Waals surface area (Å²) in [6.45, 7) is 2.95. The first-order valence-corrected chi connectivity index (χ1v) is 5.86. The molecule has 18 heavy (non-hydrogen) atoms. The van der Waals surface area contributed by atoms with Crippen molar-refractivity contribution in [3.8, 4) is 0 Å². The van der Waals surface area contributed by atoms with E-state index in [1.54, 1.807) is 36.2 Å². The van der Waals surface area contributed by atoms with E-state index in [4.69, 9.17) is 5.11 Å². The molecule has 2 amide bonds. The molecule has 1 aromatic carbocycles. The van der Waals surface area contributed by atoms with Gasteiger partial charge in [0.2, 0.25) is 0 Å². The molecule has 0 unspecified atom stereocenters. The predicted octanol–water partition coefficient (Wildman–Crippen LogP) is 1.59. The molecule has 0 aromatic heterocycles. The van der Waals surface area contributed by atoms with Crippen LogP contribution < -0.4 is 5.32 Å². The topological polar surface area (TPSA) is 69.6 Å². The molecule has 2 N–H and O–H groups in total. The van der Waals surface area contributed by atoms with E-state index in [0.717, 1.165) is 5.56 Å². The number of nitrogens with one attached hydrogen (secondary N) is 1. The number of carbonyl (C=O) groups excluding carboxylic acids is 1. The van der Waals surface area contributed by atoms with Crippen molar-refractivity contribution < 1.29 is 14.7 Å². The van der Waals surface area contributed by atoms with E-state index in [-0.39, 0.29) is 11.6 Å². The van der Waals surface area contributed by atoms with Gasteiger partial charge in [-0.05, 0) is 25.0 Å². The van der Waals surface area contributed by atoms with Crippen LogP contribution in [0.15, 0.2) is 24.3 Å². The fraction of sp³-hybridized carbons (Fsp3) is 0.385. The van der Waals surface area contributed by atoms with E-state index in [0.29, 0.717) is 19.5 Å². The monoisotopic (exact) mass is 250 g/mol. The Morgan fingerprint density at radius 1 is 1.33 bits per heavy atom. The van der Waals surface area contributed by atoms with Gasteiger partial charge in [-0.1, -0.05) is 18.2 Å². The lowest BCUT2D eigenvalue weighted by atomic mass is 10.0. The minimum atomic E-state index is -0.942. The Labute approximate surface area is 106 Å². The Morgan fingerprint density at radius 2 is 2.00 bits per heavy atom. The molecule has 0 heterocycles. The molecule has 0 saturated carbocycles. The molecule has 0 radical (unpaired) electrons. The van der Waals surface area contributed by atoms with Crippen LogP contribution in [0, 0.1) is 0 Å². The van der Waals surface area contributed by atoms with E-state index >= 15 is 0 Å². The molecule has 0 saturated heterocycles. The Bertz CT molecular complexity index is 432. The van der Waals surface area contributed by atoms with Gasteiger partial charge in [-0.3, -0.25) is 0 Å². The maximum atomic E-state index is 11.5. The molecule has 0 aliphatic heterocycles. The quantitative estimate of drug-likeness (QED) is 0.833. The number of nitrogens with zero attached hydrogens (tertiary/aromatic N) is 1. The van der Waals surface area contributed by atoms with Crippen molar-refractivity contribution in [2.45, 2.75) is 13.3 Å². The van der Waals surface area contributed by atoms with Crippen LogP contribution in [0.2, 0.25) is 0 Å². The second kappa shape index (κ2) is 6.64. The number of aromatic carboxylic acids is 1. The van der Waals surface area contributed by atoms with Crippen LogP contribution in [0.1, 0.15) is 22.8 Å². The Morgan fingerprint density at radius 3 is 2.61 bits per heavy atom. The Hall–Kier alpha value is -2.04. The number of rotatable bonds is 5. The summed E-state index contributed by atoms with van der Waals surface area (Å²) >= 11 is 0. The zero-order valence-electron chi connectivity index (χ0n) is 10.6. The molecule has 5 nitrogen and oxygen atoms in total. The van der Waals surface area contributed by atoms with Crippen molar-refractivity contribution in [1.29, 1.82) is 0 Å². The minimum Gasteiger partial charge on any atom is -0.478 e. The van der Waals surface area contributed by atoms with Crippen molar-refractivity contribution in [2.24, 2.45) is 0 Å². The molecule has 1 rings (SSSR count). The summed E-state index contributed by atoms with van der Waals surface area (Å²) in [5.74, 6) is -0.942. The smallest absolute Gasteiger partial charge is 0.335 e. The molecule has 0 fully saturated rings. The third-order valence-corrected chi connectivity index (χ3v) is 2.74. The number of carboxylic acid groups (broad SMARTS) is 1. The number of amides is 2. The average molecular weight is 250 g/mol. The lowest BCUT2D eigenvalue weighted by Crippen LogP contribution is -2.38. The number of hydrogen-bond donors (Lipinski definition) is 2. The molecular formula is C13H18N2O3. The van der Waals surface area contributed by atoms with Crippen LogP contribution in [0.4, 0.5) is 4.79 Å². The Kier molecular flexibility index (Phi) is 5.17. The van der Waals surface area contributed by atoms with E-state index in [9.17, 15) is 9.59 Å². The van der Waals surface area contributed by atoms with Crippen LogP contribution in [0.5, 0.6) is 0 Å². The van der Waals surface area contributed by atoms with Crippen molar-refractivity contribution in [1.82, 2.24) is 10.2 Å². The number of hydrogen-bond acceptors (Lipinski definition) is 2. The SMILES string of the molecule is CCN(C)C(=O)NCCc1ccccc1C(=O)O. The maximum absolute atomic E-state index is 11.5. The maximum Gasteiger partial charge on any atom is 0.335 e. The highest BCUT2D eigenvalue weighted by Gasteiger charge is 2.09. The third-order valence-electron chi connectivity index (χ3n) is 2.74. The summed E-state index contributed by atoms with van der Waals surface area (Å²) in [6, 6.07) is 6.67. The second-order valence-corrected chi connectivity index (χ2v) is 3.96. The number of carboxylic acids is 1. The highest BCUT2D eigenvalue weighted by Crippen LogP contribution is 2.08. The largest absolute Gasteiger partial charge is 0.478 e. The Balaban J connectivity index is 2.54. The summed E-state index contributed by atoms with van der Waals surface area (Å²) in [6.07, 6.45) is 0.506.